The Morgan fingerprint density at radius 2 is 1.62 bits per heavy atom. The number of carboxylic acid groups (broad SMARTS) is 1. The standard InChI is InChI=1S/C22H23Cl2NO4/c1-29-19-14-5-16(23)17(24)6-15(14)20(26)25(18(19)21(27)28)10-22-7-11-2-12(8-22)4-13(3-11)9-22/h5-6,11-13H,2-4,7-10H2,1H3,(H,27,28). The molecule has 0 spiro atoms. The third kappa shape index (κ3) is 2.97. The number of methoxy groups -OCH3 is 1. The molecule has 1 aromatic carbocycles. The van der Waals surface area contributed by atoms with Gasteiger partial charge in [-0.25, -0.2) is 4.79 Å². The molecule has 0 amide bonds. The van der Waals surface area contributed by atoms with Crippen LogP contribution < -0.4 is 10.3 Å². The molecule has 1 heterocycles. The first-order valence-electron chi connectivity index (χ1n) is 10.1. The van der Waals surface area contributed by atoms with Gasteiger partial charge in [0, 0.05) is 11.9 Å². The maximum atomic E-state index is 13.5. The van der Waals surface area contributed by atoms with Gasteiger partial charge in [-0.1, -0.05) is 23.2 Å². The first-order valence-corrected chi connectivity index (χ1v) is 10.9. The molecule has 2 aromatic rings. The van der Waals surface area contributed by atoms with E-state index in [1.807, 2.05) is 0 Å². The van der Waals surface area contributed by atoms with Crippen molar-refractivity contribution >= 4 is 39.9 Å². The minimum Gasteiger partial charge on any atom is -0.494 e. The zero-order valence-electron chi connectivity index (χ0n) is 16.2. The molecular formula is C22H23Cl2NO4. The summed E-state index contributed by atoms with van der Waals surface area (Å²) in [4.78, 5) is 25.7. The second kappa shape index (κ2) is 6.64. The van der Waals surface area contributed by atoms with Crippen LogP contribution in [0, 0.1) is 23.2 Å². The number of rotatable bonds is 4. The molecule has 7 heteroatoms. The molecule has 29 heavy (non-hydrogen) atoms. The Morgan fingerprint density at radius 3 is 2.10 bits per heavy atom. The molecule has 0 atom stereocenters. The van der Waals surface area contributed by atoms with E-state index >= 15 is 0 Å². The van der Waals surface area contributed by atoms with Crippen molar-refractivity contribution in [1.29, 1.82) is 0 Å². The van der Waals surface area contributed by atoms with Crippen LogP contribution in [-0.2, 0) is 6.54 Å². The number of fused-ring (bicyclic) bond motifs is 1. The van der Waals surface area contributed by atoms with E-state index in [4.69, 9.17) is 27.9 Å². The van der Waals surface area contributed by atoms with Gasteiger partial charge in [0.15, 0.2) is 11.4 Å². The molecule has 4 fully saturated rings. The molecule has 5 nitrogen and oxygen atoms in total. The summed E-state index contributed by atoms with van der Waals surface area (Å²) in [5.41, 5.74) is -0.441. The van der Waals surface area contributed by atoms with Gasteiger partial charge in [0.05, 0.1) is 22.5 Å². The van der Waals surface area contributed by atoms with Crippen LogP contribution in [0.5, 0.6) is 5.75 Å². The van der Waals surface area contributed by atoms with Crippen LogP contribution in [0.2, 0.25) is 10.0 Å². The molecule has 0 radical (unpaired) electrons. The summed E-state index contributed by atoms with van der Waals surface area (Å²) < 4.78 is 6.92. The maximum absolute atomic E-state index is 13.5. The van der Waals surface area contributed by atoms with Gasteiger partial charge < -0.3 is 9.84 Å². The van der Waals surface area contributed by atoms with E-state index in [-0.39, 0.29) is 32.5 Å². The van der Waals surface area contributed by atoms with Crippen molar-refractivity contribution in [2.24, 2.45) is 23.2 Å². The van der Waals surface area contributed by atoms with Crippen LogP contribution in [0.15, 0.2) is 16.9 Å². The van der Waals surface area contributed by atoms with Gasteiger partial charge >= 0.3 is 5.97 Å². The van der Waals surface area contributed by atoms with Crippen LogP contribution in [0.3, 0.4) is 0 Å². The van der Waals surface area contributed by atoms with E-state index in [1.54, 1.807) is 0 Å². The molecule has 4 aliphatic rings. The fraction of sp³-hybridized carbons (Fsp3) is 0.545. The SMILES string of the molecule is COc1c(C(=O)O)n(CC23CC4CC(CC(C4)C2)C3)c(=O)c2cc(Cl)c(Cl)cc12. The summed E-state index contributed by atoms with van der Waals surface area (Å²) in [6, 6.07) is 3.03. The Bertz CT molecular complexity index is 1060. The Hall–Kier alpha value is -1.72. The molecule has 4 saturated carbocycles. The van der Waals surface area contributed by atoms with Crippen molar-refractivity contribution in [3.8, 4) is 5.75 Å². The van der Waals surface area contributed by atoms with Gasteiger partial charge in [0.2, 0.25) is 0 Å². The first-order chi connectivity index (χ1) is 13.8. The predicted molar refractivity (Wildman–Crippen MR) is 112 cm³/mol. The second-order valence-corrected chi connectivity index (χ2v) is 10.1. The average molecular weight is 436 g/mol. The summed E-state index contributed by atoms with van der Waals surface area (Å²) >= 11 is 12.3. The van der Waals surface area contributed by atoms with Gasteiger partial charge in [-0.15, -0.1) is 0 Å². The normalized spacial score (nSPS) is 30.1. The van der Waals surface area contributed by atoms with Gasteiger partial charge in [0.1, 0.15) is 0 Å². The highest BCUT2D eigenvalue weighted by Crippen LogP contribution is 2.60. The summed E-state index contributed by atoms with van der Waals surface area (Å²) in [7, 11) is 1.42. The van der Waals surface area contributed by atoms with E-state index in [2.05, 4.69) is 0 Å². The molecule has 4 aliphatic carbocycles. The highest BCUT2D eigenvalue weighted by Gasteiger charge is 2.51. The number of carboxylic acids is 1. The number of aromatic nitrogens is 1. The van der Waals surface area contributed by atoms with E-state index in [9.17, 15) is 14.7 Å². The molecule has 154 valence electrons. The van der Waals surface area contributed by atoms with Crippen LogP contribution in [0.4, 0.5) is 0 Å². The lowest BCUT2D eigenvalue weighted by atomic mass is 9.49. The average Bonchev–Trinajstić information content (AvgIpc) is 2.64. The zero-order valence-corrected chi connectivity index (χ0v) is 17.7. The van der Waals surface area contributed by atoms with Crippen LogP contribution in [0.1, 0.15) is 49.0 Å². The van der Waals surface area contributed by atoms with Gasteiger partial charge in [0.25, 0.3) is 5.56 Å². The first kappa shape index (κ1) is 19.3. The molecule has 0 unspecified atom stereocenters. The van der Waals surface area contributed by atoms with Crippen molar-refractivity contribution in [2.45, 2.75) is 45.1 Å². The number of pyridine rings is 1. The Labute approximate surface area is 178 Å². The fourth-order valence-corrected chi connectivity index (χ4v) is 7.13. The number of benzene rings is 1. The third-order valence-electron chi connectivity index (χ3n) is 7.33. The molecule has 0 aliphatic heterocycles. The molecule has 4 bridgehead atoms. The van der Waals surface area contributed by atoms with E-state index in [0.717, 1.165) is 19.3 Å². The topological polar surface area (TPSA) is 68.5 Å². The number of ether oxygens (including phenoxy) is 1. The predicted octanol–water partition coefficient (Wildman–Crippen LogP) is 5.23. The van der Waals surface area contributed by atoms with Crippen LogP contribution in [0.25, 0.3) is 10.8 Å². The van der Waals surface area contributed by atoms with Crippen LogP contribution >= 0.6 is 23.2 Å². The quantitative estimate of drug-likeness (QED) is 0.713. The highest BCUT2D eigenvalue weighted by molar-refractivity contribution is 6.42. The molecule has 1 N–H and O–H groups in total. The van der Waals surface area contributed by atoms with Gasteiger partial charge in [-0.05, 0) is 73.8 Å². The van der Waals surface area contributed by atoms with E-state index in [0.29, 0.717) is 35.1 Å². The van der Waals surface area contributed by atoms with Gasteiger partial charge in [-0.3, -0.25) is 9.36 Å². The van der Waals surface area contributed by atoms with Crippen molar-refractivity contribution in [2.75, 3.05) is 7.11 Å². The minimum atomic E-state index is -1.17. The minimum absolute atomic E-state index is 0.00230. The van der Waals surface area contributed by atoms with Gasteiger partial charge in [-0.2, -0.15) is 0 Å². The maximum Gasteiger partial charge on any atom is 0.356 e. The zero-order chi connectivity index (χ0) is 20.5. The summed E-state index contributed by atoms with van der Waals surface area (Å²) in [6.07, 6.45) is 7.09. The molecule has 1 aromatic heterocycles. The monoisotopic (exact) mass is 435 g/mol. The number of hydrogen-bond donors (Lipinski definition) is 1. The van der Waals surface area contributed by atoms with Crippen molar-refractivity contribution in [3.05, 3.63) is 38.2 Å². The van der Waals surface area contributed by atoms with Crippen molar-refractivity contribution in [1.82, 2.24) is 4.57 Å². The lowest BCUT2D eigenvalue weighted by Crippen LogP contribution is -2.49. The summed E-state index contributed by atoms with van der Waals surface area (Å²) in [5, 5.41) is 11.2. The lowest BCUT2D eigenvalue weighted by Gasteiger charge is -2.57. The smallest absolute Gasteiger partial charge is 0.356 e. The number of carbonyl (C=O) groups is 1. The summed E-state index contributed by atoms with van der Waals surface area (Å²) in [5.74, 6) is 1.12. The Kier molecular flexibility index (Phi) is 4.41. The number of aromatic carboxylic acids is 1. The number of halogens is 2. The fourth-order valence-electron chi connectivity index (χ4n) is 6.80. The molecule has 6 rings (SSSR count). The van der Waals surface area contributed by atoms with Crippen LogP contribution in [-0.4, -0.2) is 22.8 Å². The van der Waals surface area contributed by atoms with Crippen molar-refractivity contribution < 1.29 is 14.6 Å². The summed E-state index contributed by atoms with van der Waals surface area (Å²) in [6.45, 7) is 0.420. The number of nitrogens with zero attached hydrogens (tertiary/aromatic N) is 1. The van der Waals surface area contributed by atoms with Crippen molar-refractivity contribution in [3.63, 3.8) is 0 Å². The molecular weight excluding hydrogens is 413 g/mol. The second-order valence-electron chi connectivity index (χ2n) is 9.31. The largest absolute Gasteiger partial charge is 0.494 e. The lowest BCUT2D eigenvalue weighted by molar-refractivity contribution is -0.0626. The highest BCUT2D eigenvalue weighted by atomic mass is 35.5. The van der Waals surface area contributed by atoms with E-state index < -0.39 is 5.97 Å². The third-order valence-corrected chi connectivity index (χ3v) is 8.05. The number of hydrogen-bond acceptors (Lipinski definition) is 3. The van der Waals surface area contributed by atoms with E-state index in [1.165, 1.54) is 43.1 Å². The Morgan fingerprint density at radius 1 is 1.10 bits per heavy atom. The molecule has 0 saturated heterocycles. The Balaban J connectivity index is 1.72.